The molecule has 2 rings (SSSR count). The summed E-state index contributed by atoms with van der Waals surface area (Å²) in [6, 6.07) is 4.85. The van der Waals surface area contributed by atoms with Crippen molar-refractivity contribution in [2.45, 2.75) is 34.6 Å². The summed E-state index contributed by atoms with van der Waals surface area (Å²) in [6.07, 6.45) is 0. The number of Topliss-reactive ketones (excluding diaryl/α,β-unsaturated/α-hetero) is 1. The average Bonchev–Trinajstić information content (AvgIpc) is 2.68. The van der Waals surface area contributed by atoms with Crippen molar-refractivity contribution in [1.29, 1.82) is 0 Å². The molecule has 0 saturated heterocycles. The van der Waals surface area contributed by atoms with E-state index in [9.17, 15) is 14.4 Å². The molecular formula is C17H18ClNO4. The smallest absolute Gasteiger partial charge is 0.309 e. The van der Waals surface area contributed by atoms with E-state index in [1.165, 1.54) is 18.4 Å². The first-order valence-electron chi connectivity index (χ1n) is 7.12. The quantitative estimate of drug-likeness (QED) is 0.612. The number of hydrogen-bond acceptors (Lipinski definition) is 4. The molecule has 0 saturated carbocycles. The lowest BCUT2D eigenvalue weighted by Crippen LogP contribution is -2.27. The van der Waals surface area contributed by atoms with Gasteiger partial charge in [-0.1, -0.05) is 38.4 Å². The summed E-state index contributed by atoms with van der Waals surface area (Å²) in [4.78, 5) is 36.4. The van der Waals surface area contributed by atoms with Crippen LogP contribution in [0, 0.1) is 5.41 Å². The van der Waals surface area contributed by atoms with Crippen LogP contribution in [0.4, 0.5) is 0 Å². The van der Waals surface area contributed by atoms with Crippen LogP contribution in [0.3, 0.4) is 0 Å². The molecule has 0 fully saturated rings. The maximum absolute atomic E-state index is 12.8. The van der Waals surface area contributed by atoms with E-state index in [2.05, 4.69) is 0 Å². The van der Waals surface area contributed by atoms with Crippen LogP contribution in [0.5, 0.6) is 5.88 Å². The Morgan fingerprint density at radius 3 is 2.22 bits per heavy atom. The Hall–Kier alpha value is -2.14. The highest BCUT2D eigenvalue weighted by molar-refractivity contribution is 6.31. The van der Waals surface area contributed by atoms with Gasteiger partial charge in [-0.05, 0) is 19.1 Å². The van der Waals surface area contributed by atoms with Crippen LogP contribution in [0.2, 0.25) is 5.02 Å². The van der Waals surface area contributed by atoms with Crippen molar-refractivity contribution in [3.63, 3.8) is 0 Å². The maximum Gasteiger partial charge on any atom is 0.309 e. The van der Waals surface area contributed by atoms with Gasteiger partial charge in [0.2, 0.25) is 11.8 Å². The van der Waals surface area contributed by atoms with Crippen molar-refractivity contribution in [2.24, 2.45) is 5.41 Å². The van der Waals surface area contributed by atoms with Crippen molar-refractivity contribution in [3.8, 4) is 5.88 Å². The first-order valence-corrected chi connectivity index (χ1v) is 7.50. The fourth-order valence-corrected chi connectivity index (χ4v) is 2.51. The van der Waals surface area contributed by atoms with E-state index in [0.29, 0.717) is 15.9 Å². The third-order valence-electron chi connectivity index (χ3n) is 3.32. The lowest BCUT2D eigenvalue weighted by Gasteiger charge is -2.19. The van der Waals surface area contributed by atoms with Gasteiger partial charge >= 0.3 is 5.97 Å². The second kappa shape index (κ2) is 5.81. The first-order chi connectivity index (χ1) is 10.5. The lowest BCUT2D eigenvalue weighted by molar-refractivity contribution is -0.132. The third kappa shape index (κ3) is 3.15. The summed E-state index contributed by atoms with van der Waals surface area (Å²) < 4.78 is 6.48. The van der Waals surface area contributed by atoms with E-state index < -0.39 is 11.4 Å². The SMILES string of the molecule is CC(=O)Oc1c(C(C)=O)c2ccc(Cl)cc2n1C(=O)C(C)(C)C. The van der Waals surface area contributed by atoms with Crippen molar-refractivity contribution in [3.05, 3.63) is 28.8 Å². The number of ketones is 1. The van der Waals surface area contributed by atoms with Gasteiger partial charge in [-0.25, -0.2) is 4.57 Å². The highest BCUT2D eigenvalue weighted by Gasteiger charge is 2.32. The highest BCUT2D eigenvalue weighted by Crippen LogP contribution is 2.36. The number of aromatic nitrogens is 1. The summed E-state index contributed by atoms with van der Waals surface area (Å²) in [6.45, 7) is 7.83. The Bertz CT molecular complexity index is 827. The molecule has 0 amide bonds. The number of halogens is 1. The monoisotopic (exact) mass is 335 g/mol. The number of fused-ring (bicyclic) bond motifs is 1. The number of hydrogen-bond donors (Lipinski definition) is 0. The van der Waals surface area contributed by atoms with Gasteiger partial charge in [0, 0.05) is 22.7 Å². The fourth-order valence-electron chi connectivity index (χ4n) is 2.35. The predicted octanol–water partition coefficient (Wildman–Crippen LogP) is 4.11. The second-order valence-electron chi connectivity index (χ2n) is 6.38. The fraction of sp³-hybridized carbons (Fsp3) is 0.353. The summed E-state index contributed by atoms with van der Waals surface area (Å²) in [5, 5.41) is 0.943. The molecule has 0 aliphatic rings. The van der Waals surface area contributed by atoms with Crippen LogP contribution < -0.4 is 4.74 Å². The van der Waals surface area contributed by atoms with Crippen LogP contribution in [0.1, 0.15) is 49.8 Å². The van der Waals surface area contributed by atoms with Gasteiger partial charge in [0.15, 0.2) is 5.78 Å². The maximum atomic E-state index is 12.8. The summed E-state index contributed by atoms with van der Waals surface area (Å²) in [7, 11) is 0. The molecule has 1 aromatic heterocycles. The molecule has 0 atom stereocenters. The Balaban J connectivity index is 2.96. The molecule has 23 heavy (non-hydrogen) atoms. The summed E-state index contributed by atoms with van der Waals surface area (Å²) in [5.41, 5.74) is -0.0969. The zero-order valence-corrected chi connectivity index (χ0v) is 14.4. The summed E-state index contributed by atoms with van der Waals surface area (Å²) in [5.74, 6) is -1.26. The summed E-state index contributed by atoms with van der Waals surface area (Å²) >= 11 is 6.04. The molecule has 0 unspecified atom stereocenters. The Labute approximate surface area is 139 Å². The second-order valence-corrected chi connectivity index (χ2v) is 6.82. The van der Waals surface area contributed by atoms with E-state index in [4.69, 9.17) is 16.3 Å². The third-order valence-corrected chi connectivity index (χ3v) is 3.56. The number of ether oxygens (including phenoxy) is 1. The Kier molecular flexibility index (Phi) is 4.35. The number of esters is 1. The molecule has 0 radical (unpaired) electrons. The average molecular weight is 336 g/mol. The zero-order chi connectivity index (χ0) is 17.5. The molecule has 0 aliphatic carbocycles. The van der Waals surface area contributed by atoms with E-state index in [1.54, 1.807) is 39.0 Å². The van der Waals surface area contributed by atoms with E-state index in [-0.39, 0.29) is 23.1 Å². The number of carbonyl (C=O) groups is 3. The number of benzene rings is 1. The first kappa shape index (κ1) is 17.2. The van der Waals surface area contributed by atoms with Crippen LogP contribution in [0.25, 0.3) is 10.9 Å². The molecule has 2 aromatic rings. The molecule has 0 aliphatic heterocycles. The van der Waals surface area contributed by atoms with Crippen LogP contribution in [0.15, 0.2) is 18.2 Å². The van der Waals surface area contributed by atoms with Crippen molar-refractivity contribution in [1.82, 2.24) is 4.57 Å². The number of nitrogens with zero attached hydrogens (tertiary/aromatic N) is 1. The Morgan fingerprint density at radius 2 is 1.74 bits per heavy atom. The molecule has 122 valence electrons. The minimum absolute atomic E-state index is 0.0535. The van der Waals surface area contributed by atoms with Crippen molar-refractivity contribution < 1.29 is 19.1 Å². The Morgan fingerprint density at radius 1 is 1.13 bits per heavy atom. The van der Waals surface area contributed by atoms with Gasteiger partial charge < -0.3 is 4.74 Å². The topological polar surface area (TPSA) is 65.4 Å². The standard InChI is InChI=1S/C17H18ClNO4/c1-9(20)14-12-7-6-11(18)8-13(12)19(15(14)23-10(2)21)16(22)17(3,4)5/h6-8H,1-5H3. The van der Waals surface area contributed by atoms with E-state index >= 15 is 0 Å². The molecule has 1 heterocycles. The zero-order valence-electron chi connectivity index (χ0n) is 13.7. The normalized spacial score (nSPS) is 11.6. The van der Waals surface area contributed by atoms with Crippen LogP contribution in [-0.2, 0) is 4.79 Å². The molecule has 0 bridgehead atoms. The van der Waals surface area contributed by atoms with Gasteiger partial charge in [-0.2, -0.15) is 0 Å². The molecule has 5 nitrogen and oxygen atoms in total. The van der Waals surface area contributed by atoms with Crippen LogP contribution in [-0.4, -0.2) is 22.2 Å². The van der Waals surface area contributed by atoms with Crippen molar-refractivity contribution >= 4 is 40.2 Å². The van der Waals surface area contributed by atoms with Crippen LogP contribution >= 0.6 is 11.6 Å². The minimum atomic E-state index is -0.739. The van der Waals surface area contributed by atoms with Gasteiger partial charge in [0.05, 0.1) is 11.1 Å². The van der Waals surface area contributed by atoms with Gasteiger partial charge in [-0.15, -0.1) is 0 Å². The molecule has 1 aromatic carbocycles. The largest absolute Gasteiger partial charge is 0.408 e. The molecule has 0 N–H and O–H groups in total. The van der Waals surface area contributed by atoms with Gasteiger partial charge in [0.25, 0.3) is 0 Å². The van der Waals surface area contributed by atoms with Crippen molar-refractivity contribution in [2.75, 3.05) is 0 Å². The molecule has 0 spiro atoms. The van der Waals surface area contributed by atoms with Gasteiger partial charge in [0.1, 0.15) is 0 Å². The molecular weight excluding hydrogens is 318 g/mol. The predicted molar refractivity (Wildman–Crippen MR) is 88.3 cm³/mol. The van der Waals surface area contributed by atoms with Gasteiger partial charge in [-0.3, -0.25) is 14.4 Å². The van der Waals surface area contributed by atoms with E-state index in [1.807, 2.05) is 0 Å². The minimum Gasteiger partial charge on any atom is -0.408 e. The highest BCUT2D eigenvalue weighted by atomic mass is 35.5. The lowest BCUT2D eigenvalue weighted by atomic mass is 9.95. The number of carbonyl (C=O) groups excluding carboxylic acids is 3. The van der Waals surface area contributed by atoms with E-state index in [0.717, 1.165) is 0 Å². The molecule has 6 heteroatoms. The number of rotatable bonds is 2.